The van der Waals surface area contributed by atoms with Gasteiger partial charge in [-0.2, -0.15) is 0 Å². The number of nitrogens with zero attached hydrogens (tertiary/aromatic N) is 1. The summed E-state index contributed by atoms with van der Waals surface area (Å²) in [5.74, 6) is 0.914. The Kier molecular flexibility index (Phi) is 11.0. The Morgan fingerprint density at radius 1 is 0.973 bits per heavy atom. The summed E-state index contributed by atoms with van der Waals surface area (Å²) in [4.78, 5) is 17.4. The van der Waals surface area contributed by atoms with Gasteiger partial charge in [-0.1, -0.05) is 71.9 Å². The van der Waals surface area contributed by atoms with Gasteiger partial charge in [0.05, 0.1) is 5.76 Å². The number of carbonyl (C=O) groups is 1. The molecule has 3 nitrogen and oxygen atoms in total. The first-order valence-electron chi connectivity index (χ1n) is 12.4. The second-order valence-electron chi connectivity index (χ2n) is 9.97. The van der Waals surface area contributed by atoms with Gasteiger partial charge in [-0.3, -0.25) is 9.78 Å². The Hall–Kier alpha value is -2.59. The van der Waals surface area contributed by atoms with Gasteiger partial charge in [-0.05, 0) is 54.1 Å². The predicted octanol–water partition coefficient (Wildman–Crippen LogP) is 9.33. The summed E-state index contributed by atoms with van der Waals surface area (Å²) in [6.07, 6.45) is 1.17. The Balaban J connectivity index is 0.000000532. The van der Waals surface area contributed by atoms with E-state index in [-0.39, 0.29) is 31.6 Å². The van der Waals surface area contributed by atoms with Crippen LogP contribution in [-0.2, 0) is 24.9 Å². The first-order chi connectivity index (χ1) is 17.0. The average Bonchev–Trinajstić information content (AvgIpc) is 3.20. The number of benzene rings is 2. The van der Waals surface area contributed by atoms with Crippen LogP contribution in [0.3, 0.4) is 0 Å². The standard InChI is InChI=1S/C27H28NS.C5H8O2.Ir/c1-16(2)22-8-7-9-23(17(3)4)26(22)25-15-20-10-11-24(28-27(20)29-25)21-13-18(5)12-19(6)14-21;1-4(6)3-5(2)7;/h7-13,15-17H,1-6H3;3,6H,1-2H3;/q-1;;/b;4-3-;. The van der Waals surface area contributed by atoms with E-state index in [2.05, 4.69) is 96.1 Å². The van der Waals surface area contributed by atoms with Crippen molar-refractivity contribution in [2.24, 2.45) is 0 Å². The Morgan fingerprint density at radius 3 is 2.08 bits per heavy atom. The fraction of sp³-hybridized carbons (Fsp3) is 0.312. The molecule has 197 valence electrons. The molecule has 0 atom stereocenters. The van der Waals surface area contributed by atoms with Gasteiger partial charge in [-0.15, -0.1) is 46.2 Å². The third-order valence-corrected chi connectivity index (χ3v) is 6.90. The van der Waals surface area contributed by atoms with Crippen LogP contribution in [0.2, 0.25) is 0 Å². The van der Waals surface area contributed by atoms with E-state index in [4.69, 9.17) is 10.1 Å². The zero-order valence-corrected chi connectivity index (χ0v) is 26.1. The largest absolute Gasteiger partial charge is 0.512 e. The fourth-order valence-electron chi connectivity index (χ4n) is 4.35. The number of hydrogen-bond donors (Lipinski definition) is 1. The van der Waals surface area contributed by atoms with Crippen LogP contribution in [0.5, 0.6) is 0 Å². The minimum atomic E-state index is -0.125. The molecule has 0 spiro atoms. The smallest absolute Gasteiger partial charge is 0.155 e. The third-order valence-electron chi connectivity index (χ3n) is 5.84. The van der Waals surface area contributed by atoms with Crippen LogP contribution in [0.1, 0.15) is 75.6 Å². The monoisotopic (exact) mass is 691 g/mol. The molecule has 37 heavy (non-hydrogen) atoms. The number of thiophene rings is 1. The predicted molar refractivity (Wildman–Crippen MR) is 154 cm³/mol. The van der Waals surface area contributed by atoms with Crippen LogP contribution in [0.4, 0.5) is 0 Å². The number of fused-ring (bicyclic) bond motifs is 1. The van der Waals surface area contributed by atoms with Gasteiger partial charge in [0.15, 0.2) is 5.78 Å². The molecule has 4 aromatic rings. The van der Waals surface area contributed by atoms with Crippen LogP contribution in [0, 0.1) is 19.9 Å². The van der Waals surface area contributed by atoms with Crippen molar-refractivity contribution in [3.8, 4) is 21.7 Å². The molecule has 5 heteroatoms. The minimum Gasteiger partial charge on any atom is -0.512 e. The van der Waals surface area contributed by atoms with E-state index >= 15 is 0 Å². The van der Waals surface area contributed by atoms with Crippen LogP contribution in [0.25, 0.3) is 31.9 Å². The number of ketones is 1. The summed E-state index contributed by atoms with van der Waals surface area (Å²) >= 11 is 1.81. The summed E-state index contributed by atoms with van der Waals surface area (Å²) < 4.78 is 0. The maximum Gasteiger partial charge on any atom is 0.155 e. The summed E-state index contributed by atoms with van der Waals surface area (Å²) in [6, 6.07) is 21.2. The molecule has 0 amide bonds. The Bertz CT molecular complexity index is 1370. The van der Waals surface area contributed by atoms with Gasteiger partial charge in [0, 0.05) is 36.4 Å². The van der Waals surface area contributed by atoms with E-state index in [9.17, 15) is 4.79 Å². The third kappa shape index (κ3) is 7.94. The van der Waals surface area contributed by atoms with Crippen molar-refractivity contribution in [3.63, 3.8) is 0 Å². The molecule has 0 aliphatic heterocycles. The van der Waals surface area contributed by atoms with Crippen LogP contribution >= 0.6 is 11.3 Å². The zero-order valence-electron chi connectivity index (χ0n) is 22.9. The molecule has 0 saturated carbocycles. The molecular formula is C32H36IrNO2S-. The van der Waals surface area contributed by atoms with E-state index in [1.807, 2.05) is 0 Å². The molecule has 0 saturated heterocycles. The minimum absolute atomic E-state index is 0. The number of carbonyl (C=O) groups excluding carboxylic acids is 1. The van der Waals surface area contributed by atoms with Crippen LogP contribution < -0.4 is 0 Å². The number of hydrogen-bond acceptors (Lipinski definition) is 4. The van der Waals surface area contributed by atoms with Gasteiger partial charge in [0.25, 0.3) is 0 Å². The van der Waals surface area contributed by atoms with Crippen molar-refractivity contribution < 1.29 is 30.0 Å². The number of allylic oxidation sites excluding steroid dienone is 2. The quantitative estimate of drug-likeness (QED) is 0.129. The van der Waals surface area contributed by atoms with Gasteiger partial charge in [0.1, 0.15) is 4.83 Å². The van der Waals surface area contributed by atoms with E-state index in [1.54, 1.807) is 11.3 Å². The van der Waals surface area contributed by atoms with Crippen LogP contribution in [0.15, 0.2) is 60.4 Å². The van der Waals surface area contributed by atoms with E-state index in [0.717, 1.165) is 21.7 Å². The molecule has 2 aromatic heterocycles. The number of aromatic nitrogens is 1. The first kappa shape index (κ1) is 30.6. The van der Waals surface area contributed by atoms with Crippen molar-refractivity contribution >= 4 is 27.3 Å². The topological polar surface area (TPSA) is 50.2 Å². The number of aliphatic hydroxyl groups excluding tert-OH is 1. The van der Waals surface area contributed by atoms with Gasteiger partial charge in [0.2, 0.25) is 0 Å². The molecule has 1 radical (unpaired) electrons. The van der Waals surface area contributed by atoms with Crippen molar-refractivity contribution in [2.75, 3.05) is 0 Å². The number of pyridine rings is 1. The average molecular weight is 691 g/mol. The molecule has 1 N–H and O–H groups in total. The molecular weight excluding hydrogens is 655 g/mol. The van der Waals surface area contributed by atoms with Crippen molar-refractivity contribution in [1.29, 1.82) is 0 Å². The van der Waals surface area contributed by atoms with Gasteiger partial charge in [-0.25, -0.2) is 0 Å². The summed E-state index contributed by atoms with van der Waals surface area (Å²) in [6.45, 7) is 16.2. The Morgan fingerprint density at radius 2 is 1.59 bits per heavy atom. The molecule has 2 heterocycles. The molecule has 4 rings (SSSR count). The van der Waals surface area contributed by atoms with Crippen molar-refractivity contribution in [2.45, 2.75) is 67.2 Å². The number of aryl methyl sites for hydroxylation is 2. The molecule has 0 aliphatic carbocycles. The van der Waals surface area contributed by atoms with Crippen molar-refractivity contribution in [1.82, 2.24) is 4.98 Å². The number of rotatable bonds is 5. The maximum absolute atomic E-state index is 10.0. The SMILES string of the molecule is CC(=O)/C=C(/C)O.Cc1[c-]c(-c2ccc3cc(-c4c(C(C)C)cccc4C(C)C)sc3n2)cc(C)c1.[Ir]. The van der Waals surface area contributed by atoms with Crippen molar-refractivity contribution in [3.05, 3.63) is 88.7 Å². The number of aliphatic hydroxyl groups is 1. The fourth-order valence-corrected chi connectivity index (χ4v) is 5.47. The second-order valence-corrected chi connectivity index (χ2v) is 11.0. The molecule has 2 aromatic carbocycles. The molecule has 0 bridgehead atoms. The zero-order chi connectivity index (χ0) is 26.6. The Labute approximate surface area is 239 Å². The van der Waals surface area contributed by atoms with E-state index < -0.39 is 0 Å². The van der Waals surface area contributed by atoms with E-state index in [0.29, 0.717) is 11.8 Å². The molecule has 0 unspecified atom stereocenters. The summed E-state index contributed by atoms with van der Waals surface area (Å²) in [5.41, 5.74) is 8.72. The molecule has 0 aliphatic rings. The molecule has 0 fully saturated rings. The normalized spacial score (nSPS) is 11.4. The summed E-state index contributed by atoms with van der Waals surface area (Å²) in [7, 11) is 0. The van der Waals surface area contributed by atoms with E-state index in [1.165, 1.54) is 52.4 Å². The maximum atomic E-state index is 10.0. The van der Waals surface area contributed by atoms with Gasteiger partial charge >= 0.3 is 0 Å². The first-order valence-corrected chi connectivity index (χ1v) is 13.2. The van der Waals surface area contributed by atoms with Gasteiger partial charge < -0.3 is 5.11 Å². The van der Waals surface area contributed by atoms with Crippen LogP contribution in [-0.4, -0.2) is 15.9 Å². The summed E-state index contributed by atoms with van der Waals surface area (Å²) in [5, 5.41) is 9.58. The second kappa shape index (κ2) is 13.3.